The van der Waals surface area contributed by atoms with Crippen molar-refractivity contribution in [3.63, 3.8) is 0 Å². The number of imide groups is 1. The van der Waals surface area contributed by atoms with Crippen molar-refractivity contribution in [2.45, 2.75) is 23.5 Å². The van der Waals surface area contributed by atoms with Gasteiger partial charge in [0.05, 0.1) is 23.1 Å². The summed E-state index contributed by atoms with van der Waals surface area (Å²) in [6, 6.07) is 12.7. The summed E-state index contributed by atoms with van der Waals surface area (Å²) in [7, 11) is 0. The second kappa shape index (κ2) is 10.6. The van der Waals surface area contributed by atoms with E-state index in [1.54, 1.807) is 31.2 Å². The normalized spacial score (nSPS) is 15.7. The van der Waals surface area contributed by atoms with E-state index in [1.165, 1.54) is 36.0 Å². The number of thioether (sulfide) groups is 1. The summed E-state index contributed by atoms with van der Waals surface area (Å²) in [6.45, 7) is 1.95. The van der Waals surface area contributed by atoms with Crippen molar-refractivity contribution in [2.75, 3.05) is 16.8 Å². The van der Waals surface area contributed by atoms with Crippen LogP contribution in [0.25, 0.3) is 0 Å². The monoisotopic (exact) mass is 468 g/mol. The molecule has 2 aromatic rings. The number of rotatable bonds is 8. The van der Waals surface area contributed by atoms with E-state index in [0.717, 1.165) is 21.9 Å². The molecule has 2 N–H and O–H groups in total. The lowest BCUT2D eigenvalue weighted by Gasteiger charge is -2.15. The molecule has 1 aliphatic rings. The van der Waals surface area contributed by atoms with Crippen LogP contribution in [-0.2, 0) is 23.9 Å². The molecule has 170 valence electrons. The zero-order chi connectivity index (χ0) is 24.0. The van der Waals surface area contributed by atoms with Crippen LogP contribution < -0.4 is 10.2 Å². The van der Waals surface area contributed by atoms with Crippen molar-refractivity contribution in [1.82, 2.24) is 0 Å². The van der Waals surface area contributed by atoms with Gasteiger partial charge in [-0.05, 0) is 55.5 Å². The fourth-order valence-corrected chi connectivity index (χ4v) is 4.09. The average molecular weight is 468 g/mol. The molecule has 0 radical (unpaired) electrons. The van der Waals surface area contributed by atoms with E-state index in [-0.39, 0.29) is 24.8 Å². The summed E-state index contributed by atoms with van der Waals surface area (Å²) >= 11 is 1.23. The lowest BCUT2D eigenvalue weighted by molar-refractivity contribution is -0.131. The summed E-state index contributed by atoms with van der Waals surface area (Å²) in [5, 5.41) is 10.5. The maximum atomic E-state index is 12.9. The van der Waals surface area contributed by atoms with E-state index in [1.807, 2.05) is 0 Å². The van der Waals surface area contributed by atoms with Crippen LogP contribution in [-0.4, -0.2) is 46.6 Å². The zero-order valence-corrected chi connectivity index (χ0v) is 18.3. The summed E-state index contributed by atoms with van der Waals surface area (Å²) in [6.07, 6.45) is 1.67. The molecule has 1 fully saturated rings. The summed E-state index contributed by atoms with van der Waals surface area (Å²) in [5.74, 6) is -2.98. The second-order valence-corrected chi connectivity index (χ2v) is 8.11. The molecule has 1 aliphatic heterocycles. The molecular weight excluding hydrogens is 448 g/mol. The van der Waals surface area contributed by atoms with Crippen LogP contribution in [0.3, 0.4) is 0 Å². The van der Waals surface area contributed by atoms with Crippen LogP contribution in [0.15, 0.2) is 65.6 Å². The Hall–Kier alpha value is -3.92. The molecule has 3 rings (SSSR count). The van der Waals surface area contributed by atoms with E-state index in [4.69, 9.17) is 9.84 Å². The lowest BCUT2D eigenvalue weighted by Crippen LogP contribution is -2.31. The van der Waals surface area contributed by atoms with E-state index >= 15 is 0 Å². The molecule has 1 unspecified atom stereocenters. The Bertz CT molecular complexity index is 1110. The first kappa shape index (κ1) is 23.7. The Morgan fingerprint density at radius 2 is 1.76 bits per heavy atom. The molecule has 0 aliphatic carbocycles. The van der Waals surface area contributed by atoms with Gasteiger partial charge in [-0.1, -0.05) is 0 Å². The summed E-state index contributed by atoms with van der Waals surface area (Å²) in [5.41, 5.74) is 1.17. The van der Waals surface area contributed by atoms with Crippen LogP contribution in [0.2, 0.25) is 0 Å². The molecule has 0 saturated carbocycles. The Morgan fingerprint density at radius 3 is 2.36 bits per heavy atom. The molecule has 9 nitrogen and oxygen atoms in total. The van der Waals surface area contributed by atoms with Gasteiger partial charge in [0.15, 0.2) is 0 Å². The number of hydrogen-bond donors (Lipinski definition) is 2. The van der Waals surface area contributed by atoms with E-state index in [0.29, 0.717) is 16.9 Å². The standard InChI is InChI=1S/C23H20N2O7S/c1-2-32-23(31)14-3-7-16(8-4-14)25-20(27)13-18(22(25)30)33-17-9-5-15(6-10-17)24-19(26)11-12-21(28)29/h3-12,18H,2,13H2,1H3,(H,24,26)(H,28,29)/b12-11+. The number of hydrogen-bond acceptors (Lipinski definition) is 7. The molecule has 3 amide bonds. The lowest BCUT2D eigenvalue weighted by atomic mass is 10.2. The smallest absolute Gasteiger partial charge is 0.338 e. The predicted molar refractivity (Wildman–Crippen MR) is 121 cm³/mol. The van der Waals surface area contributed by atoms with Crippen molar-refractivity contribution < 1.29 is 33.8 Å². The van der Waals surface area contributed by atoms with Crippen molar-refractivity contribution >= 4 is 52.8 Å². The summed E-state index contributed by atoms with van der Waals surface area (Å²) < 4.78 is 4.93. The molecule has 1 heterocycles. The van der Waals surface area contributed by atoms with Gasteiger partial charge >= 0.3 is 11.9 Å². The minimum Gasteiger partial charge on any atom is -0.478 e. The largest absolute Gasteiger partial charge is 0.478 e. The molecule has 1 saturated heterocycles. The van der Waals surface area contributed by atoms with E-state index < -0.39 is 23.1 Å². The van der Waals surface area contributed by atoms with Gasteiger partial charge in [-0.15, -0.1) is 11.8 Å². The number of nitrogens with one attached hydrogen (secondary N) is 1. The molecular formula is C23H20N2O7S. The highest BCUT2D eigenvalue weighted by Gasteiger charge is 2.40. The number of anilines is 2. The maximum absolute atomic E-state index is 12.9. The highest BCUT2D eigenvalue weighted by Crippen LogP contribution is 2.34. The van der Waals surface area contributed by atoms with Crippen molar-refractivity contribution in [1.29, 1.82) is 0 Å². The molecule has 2 aromatic carbocycles. The first-order valence-corrected chi connectivity index (χ1v) is 10.8. The molecule has 0 bridgehead atoms. The maximum Gasteiger partial charge on any atom is 0.338 e. The fourth-order valence-electron chi connectivity index (χ4n) is 3.04. The highest BCUT2D eigenvalue weighted by molar-refractivity contribution is 8.00. The number of nitrogens with zero attached hydrogens (tertiary/aromatic N) is 1. The van der Waals surface area contributed by atoms with Gasteiger partial charge < -0.3 is 15.2 Å². The van der Waals surface area contributed by atoms with Crippen LogP contribution in [0.1, 0.15) is 23.7 Å². The van der Waals surface area contributed by atoms with Gasteiger partial charge in [0, 0.05) is 29.2 Å². The van der Waals surface area contributed by atoms with Crippen LogP contribution >= 0.6 is 11.8 Å². The van der Waals surface area contributed by atoms with Gasteiger partial charge in [-0.2, -0.15) is 0 Å². The Balaban J connectivity index is 1.63. The van der Waals surface area contributed by atoms with Gasteiger partial charge in [-0.25, -0.2) is 14.5 Å². The Morgan fingerprint density at radius 1 is 1.09 bits per heavy atom. The third kappa shape index (κ3) is 6.07. The third-order valence-electron chi connectivity index (χ3n) is 4.52. The van der Waals surface area contributed by atoms with E-state index in [9.17, 15) is 24.0 Å². The van der Waals surface area contributed by atoms with Crippen molar-refractivity contribution in [2.24, 2.45) is 0 Å². The van der Waals surface area contributed by atoms with Crippen molar-refractivity contribution in [3.05, 3.63) is 66.2 Å². The number of ether oxygens (including phenoxy) is 1. The third-order valence-corrected chi connectivity index (χ3v) is 5.72. The summed E-state index contributed by atoms with van der Waals surface area (Å²) in [4.78, 5) is 61.1. The molecule has 33 heavy (non-hydrogen) atoms. The number of carbonyl (C=O) groups is 5. The zero-order valence-electron chi connectivity index (χ0n) is 17.5. The number of esters is 1. The Labute approximate surface area is 193 Å². The van der Waals surface area contributed by atoms with Gasteiger partial charge in [0.1, 0.15) is 0 Å². The number of aliphatic carboxylic acids is 1. The van der Waals surface area contributed by atoms with Gasteiger partial charge in [0.2, 0.25) is 17.7 Å². The molecule has 10 heteroatoms. The fraction of sp³-hybridized carbons (Fsp3) is 0.174. The number of carboxylic acids is 1. The molecule has 0 spiro atoms. The van der Waals surface area contributed by atoms with Crippen LogP contribution in [0, 0.1) is 0 Å². The second-order valence-electron chi connectivity index (χ2n) is 6.83. The van der Waals surface area contributed by atoms with Crippen LogP contribution in [0.5, 0.6) is 0 Å². The quantitative estimate of drug-likeness (QED) is 0.344. The minimum absolute atomic E-state index is 0.0294. The SMILES string of the molecule is CCOC(=O)c1ccc(N2C(=O)CC(Sc3ccc(NC(=O)/C=C/C(=O)O)cc3)C2=O)cc1. The number of amides is 3. The molecule has 0 aromatic heterocycles. The Kier molecular flexibility index (Phi) is 7.62. The molecule has 1 atom stereocenters. The topological polar surface area (TPSA) is 130 Å². The highest BCUT2D eigenvalue weighted by atomic mass is 32.2. The van der Waals surface area contributed by atoms with Crippen molar-refractivity contribution in [3.8, 4) is 0 Å². The number of benzene rings is 2. The first-order chi connectivity index (χ1) is 15.8. The first-order valence-electron chi connectivity index (χ1n) is 9.91. The van der Waals surface area contributed by atoms with E-state index in [2.05, 4.69) is 5.32 Å². The number of carbonyl (C=O) groups excluding carboxylic acids is 4. The van der Waals surface area contributed by atoms with Crippen LogP contribution in [0.4, 0.5) is 11.4 Å². The predicted octanol–water partition coefficient (Wildman–Crippen LogP) is 2.87. The number of carboxylic acid groups (broad SMARTS) is 1. The van der Waals surface area contributed by atoms with Gasteiger partial charge in [-0.3, -0.25) is 14.4 Å². The van der Waals surface area contributed by atoms with Gasteiger partial charge in [0.25, 0.3) is 0 Å². The average Bonchev–Trinajstić information content (AvgIpc) is 3.06. The minimum atomic E-state index is -1.23.